The SMILES string of the molecule is C.COc1ccc(S(=O)(=O)N2CCCCC2CCc2ccc(C)cc2)cc1. The van der Waals surface area contributed by atoms with Crippen LogP contribution in [0.3, 0.4) is 0 Å². The van der Waals surface area contributed by atoms with Crippen LogP contribution in [0.5, 0.6) is 5.75 Å². The van der Waals surface area contributed by atoms with Crippen molar-refractivity contribution in [1.29, 1.82) is 0 Å². The van der Waals surface area contributed by atoms with E-state index in [-0.39, 0.29) is 13.5 Å². The third-order valence-corrected chi connectivity index (χ3v) is 7.09. The second kappa shape index (κ2) is 9.38. The lowest BCUT2D eigenvalue weighted by Gasteiger charge is -2.35. The molecule has 27 heavy (non-hydrogen) atoms. The molecule has 3 rings (SSSR count). The first-order valence-electron chi connectivity index (χ1n) is 9.22. The van der Waals surface area contributed by atoms with E-state index in [0.29, 0.717) is 17.2 Å². The molecule has 0 bridgehead atoms. The average Bonchev–Trinajstić information content (AvgIpc) is 2.68. The minimum absolute atomic E-state index is 0. The third-order valence-electron chi connectivity index (χ3n) is 5.13. The monoisotopic (exact) mass is 389 g/mol. The van der Waals surface area contributed by atoms with Gasteiger partial charge < -0.3 is 4.74 Å². The Kier molecular flexibility index (Phi) is 7.45. The zero-order chi connectivity index (χ0) is 18.6. The molecule has 1 aliphatic rings. The molecule has 148 valence electrons. The van der Waals surface area contributed by atoms with Gasteiger partial charge in [0, 0.05) is 12.6 Å². The van der Waals surface area contributed by atoms with Gasteiger partial charge in [-0.1, -0.05) is 43.7 Å². The van der Waals surface area contributed by atoms with Gasteiger partial charge in [-0.15, -0.1) is 0 Å². The van der Waals surface area contributed by atoms with Crippen molar-refractivity contribution in [2.24, 2.45) is 0 Å². The van der Waals surface area contributed by atoms with Gasteiger partial charge in [0.2, 0.25) is 10.0 Å². The summed E-state index contributed by atoms with van der Waals surface area (Å²) < 4.78 is 33.1. The van der Waals surface area contributed by atoms with Gasteiger partial charge in [-0.25, -0.2) is 8.42 Å². The van der Waals surface area contributed by atoms with Crippen LogP contribution in [0.25, 0.3) is 0 Å². The summed E-state index contributed by atoms with van der Waals surface area (Å²) in [6, 6.07) is 15.3. The number of sulfonamides is 1. The molecule has 1 aliphatic heterocycles. The van der Waals surface area contributed by atoms with E-state index in [0.717, 1.165) is 32.1 Å². The van der Waals surface area contributed by atoms with E-state index in [1.807, 2.05) is 0 Å². The van der Waals surface area contributed by atoms with Crippen LogP contribution in [0.15, 0.2) is 53.4 Å². The molecule has 2 aromatic rings. The molecular formula is C22H31NO3S. The highest BCUT2D eigenvalue weighted by Gasteiger charge is 2.33. The molecule has 0 amide bonds. The second-order valence-electron chi connectivity index (χ2n) is 6.97. The number of rotatable bonds is 6. The molecule has 1 heterocycles. The quantitative estimate of drug-likeness (QED) is 0.712. The van der Waals surface area contributed by atoms with Gasteiger partial charge in [-0.3, -0.25) is 0 Å². The van der Waals surface area contributed by atoms with Gasteiger partial charge in [0.15, 0.2) is 0 Å². The van der Waals surface area contributed by atoms with Crippen molar-refractivity contribution in [2.45, 2.75) is 57.4 Å². The topological polar surface area (TPSA) is 46.6 Å². The van der Waals surface area contributed by atoms with E-state index in [2.05, 4.69) is 31.2 Å². The first-order valence-corrected chi connectivity index (χ1v) is 10.7. The van der Waals surface area contributed by atoms with Crippen molar-refractivity contribution in [3.05, 3.63) is 59.7 Å². The van der Waals surface area contributed by atoms with Crippen LogP contribution in [-0.4, -0.2) is 32.4 Å². The van der Waals surface area contributed by atoms with Crippen LogP contribution in [0.2, 0.25) is 0 Å². The molecule has 0 saturated carbocycles. The van der Waals surface area contributed by atoms with Crippen LogP contribution in [0.1, 0.15) is 44.2 Å². The summed E-state index contributed by atoms with van der Waals surface area (Å²) in [5.74, 6) is 0.665. The highest BCUT2D eigenvalue weighted by atomic mass is 32.2. The number of ether oxygens (including phenoxy) is 1. The van der Waals surface area contributed by atoms with Crippen molar-refractivity contribution >= 4 is 10.0 Å². The molecule has 2 aromatic carbocycles. The molecule has 4 nitrogen and oxygen atoms in total. The van der Waals surface area contributed by atoms with E-state index in [1.54, 1.807) is 35.7 Å². The zero-order valence-electron chi connectivity index (χ0n) is 15.5. The number of nitrogens with zero attached hydrogens (tertiary/aromatic N) is 1. The number of aryl methyl sites for hydroxylation is 2. The fraction of sp³-hybridized carbons (Fsp3) is 0.455. The van der Waals surface area contributed by atoms with Crippen LogP contribution >= 0.6 is 0 Å². The first-order chi connectivity index (χ1) is 12.5. The summed E-state index contributed by atoms with van der Waals surface area (Å²) in [5, 5.41) is 0. The van der Waals surface area contributed by atoms with Crippen LogP contribution < -0.4 is 4.74 Å². The summed E-state index contributed by atoms with van der Waals surface area (Å²) in [4.78, 5) is 0.348. The van der Waals surface area contributed by atoms with Gasteiger partial charge in [0.05, 0.1) is 12.0 Å². The Balaban J connectivity index is 0.00000261. The highest BCUT2D eigenvalue weighted by molar-refractivity contribution is 7.89. The van der Waals surface area contributed by atoms with Crippen molar-refractivity contribution in [3.8, 4) is 5.75 Å². The lowest BCUT2D eigenvalue weighted by molar-refractivity contribution is 0.241. The number of methoxy groups -OCH3 is 1. The first kappa shape index (κ1) is 21.5. The van der Waals surface area contributed by atoms with E-state index < -0.39 is 10.0 Å². The lowest BCUT2D eigenvalue weighted by Crippen LogP contribution is -2.43. The molecule has 0 radical (unpaired) electrons. The Morgan fingerprint density at radius 3 is 2.33 bits per heavy atom. The van der Waals surface area contributed by atoms with Gasteiger partial charge in [-0.05, 0) is 62.4 Å². The Hall–Kier alpha value is -1.85. The standard InChI is InChI=1S/C21H27NO3S.CH4/c1-17-6-8-18(9-7-17)10-11-19-5-3-4-16-22(19)26(23,24)21-14-12-20(25-2)13-15-21;/h6-9,12-15,19H,3-5,10-11,16H2,1-2H3;1H4. The molecule has 1 saturated heterocycles. The predicted octanol–water partition coefficient (Wildman–Crippen LogP) is 4.82. The Labute approximate surface area is 164 Å². The highest BCUT2D eigenvalue weighted by Crippen LogP contribution is 2.28. The van der Waals surface area contributed by atoms with Crippen LogP contribution in [0, 0.1) is 6.92 Å². The molecule has 0 aliphatic carbocycles. The minimum atomic E-state index is -3.47. The van der Waals surface area contributed by atoms with Crippen molar-refractivity contribution in [1.82, 2.24) is 4.31 Å². The molecular weight excluding hydrogens is 358 g/mol. The maximum absolute atomic E-state index is 13.1. The molecule has 1 fully saturated rings. The predicted molar refractivity (Wildman–Crippen MR) is 111 cm³/mol. The minimum Gasteiger partial charge on any atom is -0.497 e. The largest absolute Gasteiger partial charge is 0.497 e. The van der Waals surface area contributed by atoms with Crippen molar-refractivity contribution in [2.75, 3.05) is 13.7 Å². The smallest absolute Gasteiger partial charge is 0.243 e. The summed E-state index contributed by atoms with van der Waals surface area (Å²) in [6.45, 7) is 2.68. The number of benzene rings is 2. The lowest BCUT2D eigenvalue weighted by atomic mass is 9.97. The maximum atomic E-state index is 13.1. The van der Waals surface area contributed by atoms with Crippen LogP contribution in [-0.2, 0) is 16.4 Å². The maximum Gasteiger partial charge on any atom is 0.243 e. The third kappa shape index (κ3) is 5.11. The van der Waals surface area contributed by atoms with E-state index in [9.17, 15) is 8.42 Å². The number of hydrogen-bond acceptors (Lipinski definition) is 3. The van der Waals surface area contributed by atoms with Gasteiger partial charge in [-0.2, -0.15) is 4.31 Å². The Bertz CT molecular complexity index is 814. The Morgan fingerprint density at radius 1 is 1.04 bits per heavy atom. The normalized spacial score (nSPS) is 17.9. The van der Waals surface area contributed by atoms with E-state index >= 15 is 0 Å². The van der Waals surface area contributed by atoms with Crippen molar-refractivity contribution < 1.29 is 13.2 Å². The molecule has 1 unspecified atom stereocenters. The van der Waals surface area contributed by atoms with Gasteiger partial charge >= 0.3 is 0 Å². The summed E-state index contributed by atoms with van der Waals surface area (Å²) >= 11 is 0. The van der Waals surface area contributed by atoms with Crippen LogP contribution in [0.4, 0.5) is 0 Å². The molecule has 0 N–H and O–H groups in total. The molecule has 1 atom stereocenters. The number of piperidine rings is 1. The molecule has 5 heteroatoms. The van der Waals surface area contributed by atoms with Crippen molar-refractivity contribution in [3.63, 3.8) is 0 Å². The molecule has 0 aromatic heterocycles. The fourth-order valence-electron chi connectivity index (χ4n) is 3.55. The fourth-order valence-corrected chi connectivity index (χ4v) is 5.27. The Morgan fingerprint density at radius 2 is 1.70 bits per heavy atom. The van der Waals surface area contributed by atoms with E-state index in [4.69, 9.17) is 4.74 Å². The summed E-state index contributed by atoms with van der Waals surface area (Å²) in [5.41, 5.74) is 2.51. The second-order valence-corrected chi connectivity index (χ2v) is 8.86. The summed E-state index contributed by atoms with van der Waals surface area (Å²) in [7, 11) is -1.89. The van der Waals surface area contributed by atoms with Gasteiger partial charge in [0.25, 0.3) is 0 Å². The molecule has 0 spiro atoms. The van der Waals surface area contributed by atoms with E-state index in [1.165, 1.54) is 11.1 Å². The summed E-state index contributed by atoms with van der Waals surface area (Å²) in [6.07, 6.45) is 4.71. The average molecular weight is 390 g/mol. The zero-order valence-corrected chi connectivity index (χ0v) is 16.3. The number of hydrogen-bond donors (Lipinski definition) is 0. The van der Waals surface area contributed by atoms with Gasteiger partial charge in [0.1, 0.15) is 5.75 Å².